The second kappa shape index (κ2) is 2.14. The molecule has 0 spiro atoms. The van der Waals surface area contributed by atoms with Gasteiger partial charge in [-0.15, -0.1) is 0 Å². The van der Waals surface area contributed by atoms with Gasteiger partial charge in [0.15, 0.2) is 5.78 Å². The van der Waals surface area contributed by atoms with Crippen molar-refractivity contribution in [3.63, 3.8) is 0 Å². The highest BCUT2D eigenvalue weighted by Crippen LogP contribution is 1.94. The molecule has 0 amide bonds. The van der Waals surface area contributed by atoms with Crippen LogP contribution < -0.4 is 4.87 Å². The van der Waals surface area contributed by atoms with E-state index in [1.807, 2.05) is 0 Å². The Bertz CT molecular complexity index is 272. The largest absolute Gasteiger partial charge is 0.310 e. The molecular weight excluding hydrogens is 138 g/mol. The maximum absolute atomic E-state index is 10.5. The minimum Gasteiger partial charge on any atom is -0.310 e. The Balaban J connectivity index is 3.12. The van der Waals surface area contributed by atoms with Crippen LogP contribution in [0.4, 0.5) is 0 Å². The molecule has 0 fully saturated rings. The second-order valence-electron chi connectivity index (χ2n) is 1.62. The van der Waals surface area contributed by atoms with Crippen molar-refractivity contribution in [2.45, 2.75) is 6.92 Å². The van der Waals surface area contributed by atoms with E-state index in [0.717, 1.165) is 11.3 Å². The highest BCUT2D eigenvalue weighted by molar-refractivity contribution is 7.07. The van der Waals surface area contributed by atoms with Gasteiger partial charge in [0.1, 0.15) is 0 Å². The molecule has 0 aromatic carbocycles. The van der Waals surface area contributed by atoms with Crippen LogP contribution in [-0.4, -0.2) is 10.8 Å². The molecule has 0 unspecified atom stereocenters. The van der Waals surface area contributed by atoms with Crippen LogP contribution in [0.1, 0.15) is 17.4 Å². The van der Waals surface area contributed by atoms with Crippen molar-refractivity contribution < 1.29 is 4.79 Å². The van der Waals surface area contributed by atoms with Gasteiger partial charge in [0.05, 0.1) is 5.69 Å². The van der Waals surface area contributed by atoms with Crippen LogP contribution in [0.3, 0.4) is 0 Å². The van der Waals surface area contributed by atoms with Crippen LogP contribution in [0.25, 0.3) is 0 Å². The van der Waals surface area contributed by atoms with Gasteiger partial charge in [0.2, 0.25) is 0 Å². The fraction of sp³-hybridized carbons (Fsp3) is 0.200. The average molecular weight is 143 g/mol. The van der Waals surface area contributed by atoms with Crippen LogP contribution in [0.2, 0.25) is 0 Å². The van der Waals surface area contributed by atoms with Crippen molar-refractivity contribution in [2.75, 3.05) is 0 Å². The topological polar surface area (TPSA) is 49.9 Å². The van der Waals surface area contributed by atoms with Crippen LogP contribution >= 0.6 is 11.3 Å². The van der Waals surface area contributed by atoms with Gasteiger partial charge in [0, 0.05) is 12.3 Å². The fourth-order valence-corrected chi connectivity index (χ4v) is 1.07. The average Bonchev–Trinajstić information content (AvgIpc) is 2.14. The van der Waals surface area contributed by atoms with Gasteiger partial charge >= 0.3 is 4.87 Å². The van der Waals surface area contributed by atoms with Crippen molar-refractivity contribution >= 4 is 17.1 Å². The molecule has 3 nitrogen and oxygen atoms in total. The van der Waals surface area contributed by atoms with Crippen LogP contribution in [0.15, 0.2) is 10.2 Å². The minimum atomic E-state index is -0.180. The molecule has 4 heteroatoms. The van der Waals surface area contributed by atoms with Gasteiger partial charge in [-0.1, -0.05) is 11.3 Å². The smallest absolute Gasteiger partial charge is 0.305 e. The van der Waals surface area contributed by atoms with E-state index in [1.165, 1.54) is 12.3 Å². The molecule has 0 aliphatic rings. The number of carbonyl (C=O) groups excluding carboxylic acids is 1. The molecule has 0 saturated carbocycles. The minimum absolute atomic E-state index is 0.103. The first kappa shape index (κ1) is 6.22. The molecule has 9 heavy (non-hydrogen) atoms. The molecule has 1 N–H and O–H groups in total. The first-order chi connectivity index (χ1) is 4.20. The van der Waals surface area contributed by atoms with E-state index in [0.29, 0.717) is 5.69 Å². The SMILES string of the molecule is CC(=O)c1csc(=O)[nH]1. The van der Waals surface area contributed by atoms with Crippen molar-refractivity contribution in [3.05, 3.63) is 20.7 Å². The maximum Gasteiger partial charge on any atom is 0.305 e. The van der Waals surface area contributed by atoms with E-state index in [-0.39, 0.29) is 10.7 Å². The first-order valence-corrected chi connectivity index (χ1v) is 3.27. The zero-order chi connectivity index (χ0) is 6.85. The lowest BCUT2D eigenvalue weighted by atomic mass is 10.4. The number of nitrogens with one attached hydrogen (secondary N) is 1. The standard InChI is InChI=1S/C5H5NO2S/c1-3(7)4-2-9-5(8)6-4/h2H,1H3,(H,6,8). The molecule has 0 radical (unpaired) electrons. The van der Waals surface area contributed by atoms with Crippen molar-refractivity contribution in [2.24, 2.45) is 0 Å². The number of carbonyl (C=O) groups is 1. The number of H-pyrrole nitrogens is 1. The highest BCUT2D eigenvalue weighted by Gasteiger charge is 1.99. The summed E-state index contributed by atoms with van der Waals surface area (Å²) in [5.74, 6) is -0.103. The monoisotopic (exact) mass is 143 g/mol. The molecular formula is C5H5NO2S. The molecule has 0 bridgehead atoms. The summed E-state index contributed by atoms with van der Waals surface area (Å²) in [6, 6.07) is 0. The summed E-state index contributed by atoms with van der Waals surface area (Å²) in [4.78, 5) is 23.1. The number of aromatic nitrogens is 1. The molecule has 1 rings (SSSR count). The number of thiazole rings is 1. The Morgan fingerprint density at radius 3 is 2.67 bits per heavy atom. The second-order valence-corrected chi connectivity index (χ2v) is 2.46. The van der Waals surface area contributed by atoms with Gasteiger partial charge in [-0.2, -0.15) is 0 Å². The lowest BCUT2D eigenvalue weighted by Crippen LogP contribution is -1.98. The predicted octanol–water partition coefficient (Wildman–Crippen LogP) is 0.639. The third-order valence-electron chi connectivity index (χ3n) is 0.900. The lowest BCUT2D eigenvalue weighted by molar-refractivity contribution is 0.101. The van der Waals surface area contributed by atoms with Crippen molar-refractivity contribution in [1.29, 1.82) is 0 Å². The van der Waals surface area contributed by atoms with E-state index >= 15 is 0 Å². The molecule has 0 saturated heterocycles. The lowest BCUT2D eigenvalue weighted by Gasteiger charge is -1.80. The predicted molar refractivity (Wildman–Crippen MR) is 34.9 cm³/mol. The van der Waals surface area contributed by atoms with Gasteiger partial charge in [-0.3, -0.25) is 9.59 Å². The number of aromatic amines is 1. The zero-order valence-electron chi connectivity index (χ0n) is 4.80. The summed E-state index contributed by atoms with van der Waals surface area (Å²) < 4.78 is 0. The van der Waals surface area contributed by atoms with Gasteiger partial charge < -0.3 is 4.98 Å². The number of hydrogen-bond donors (Lipinski definition) is 1. The summed E-state index contributed by atoms with van der Waals surface area (Å²) in [5.41, 5.74) is 0.394. The molecule has 0 aliphatic carbocycles. The van der Waals surface area contributed by atoms with E-state index in [2.05, 4.69) is 4.98 Å². The Morgan fingerprint density at radius 2 is 2.44 bits per heavy atom. The third kappa shape index (κ3) is 1.26. The van der Waals surface area contributed by atoms with Crippen molar-refractivity contribution in [3.8, 4) is 0 Å². The van der Waals surface area contributed by atoms with E-state index in [4.69, 9.17) is 0 Å². The molecule has 1 heterocycles. The number of rotatable bonds is 1. The Labute approximate surface area is 55.3 Å². The number of Topliss-reactive ketones (excluding diaryl/α,β-unsaturated/α-hetero) is 1. The quantitative estimate of drug-likeness (QED) is 0.586. The summed E-state index contributed by atoms with van der Waals surface area (Å²) in [6.07, 6.45) is 0. The van der Waals surface area contributed by atoms with E-state index < -0.39 is 0 Å². The highest BCUT2D eigenvalue weighted by atomic mass is 32.1. The number of hydrogen-bond acceptors (Lipinski definition) is 3. The van der Waals surface area contributed by atoms with E-state index in [9.17, 15) is 9.59 Å². The molecule has 1 aromatic heterocycles. The molecule has 0 atom stereocenters. The summed E-state index contributed by atoms with van der Waals surface area (Å²) >= 11 is 1.00. The first-order valence-electron chi connectivity index (χ1n) is 2.39. The fourth-order valence-electron chi connectivity index (χ4n) is 0.452. The van der Waals surface area contributed by atoms with Gasteiger partial charge in [-0.25, -0.2) is 0 Å². The summed E-state index contributed by atoms with van der Waals surface area (Å²) in [5, 5.41) is 1.52. The molecule has 1 aromatic rings. The summed E-state index contributed by atoms with van der Waals surface area (Å²) in [6.45, 7) is 1.41. The van der Waals surface area contributed by atoms with Gasteiger partial charge in [-0.05, 0) is 0 Å². The number of ketones is 1. The van der Waals surface area contributed by atoms with Crippen LogP contribution in [0, 0.1) is 0 Å². The Kier molecular flexibility index (Phi) is 1.48. The Morgan fingerprint density at radius 1 is 1.78 bits per heavy atom. The zero-order valence-corrected chi connectivity index (χ0v) is 5.62. The van der Waals surface area contributed by atoms with Gasteiger partial charge in [0.25, 0.3) is 0 Å². The maximum atomic E-state index is 10.5. The van der Waals surface area contributed by atoms with Crippen LogP contribution in [0.5, 0.6) is 0 Å². The van der Waals surface area contributed by atoms with Crippen LogP contribution in [-0.2, 0) is 0 Å². The molecule has 48 valence electrons. The summed E-state index contributed by atoms with van der Waals surface area (Å²) in [7, 11) is 0. The Hall–Kier alpha value is -0.900. The molecule has 0 aliphatic heterocycles. The normalized spacial score (nSPS) is 9.44. The third-order valence-corrected chi connectivity index (χ3v) is 1.57. The van der Waals surface area contributed by atoms with E-state index in [1.54, 1.807) is 0 Å². The van der Waals surface area contributed by atoms with Crippen molar-refractivity contribution in [1.82, 2.24) is 4.98 Å².